The predicted molar refractivity (Wildman–Crippen MR) is 85.0 cm³/mol. The van der Waals surface area contributed by atoms with Crippen molar-refractivity contribution in [2.75, 3.05) is 38.3 Å². The van der Waals surface area contributed by atoms with Crippen molar-refractivity contribution >= 4 is 17.5 Å². The second-order valence-corrected chi connectivity index (χ2v) is 5.06. The van der Waals surface area contributed by atoms with Crippen molar-refractivity contribution in [1.82, 2.24) is 14.9 Å². The molecule has 6 nitrogen and oxygen atoms in total. The first-order chi connectivity index (χ1) is 10.0. The van der Waals surface area contributed by atoms with Crippen LogP contribution in [0.2, 0.25) is 0 Å². The molecule has 2 aromatic rings. The summed E-state index contributed by atoms with van der Waals surface area (Å²) < 4.78 is 5.64. The van der Waals surface area contributed by atoms with E-state index in [-0.39, 0.29) is 0 Å². The second kappa shape index (κ2) is 6.90. The molecule has 0 aliphatic heterocycles. The van der Waals surface area contributed by atoms with Crippen molar-refractivity contribution in [3.8, 4) is 5.75 Å². The number of anilines is 3. The summed E-state index contributed by atoms with van der Waals surface area (Å²) in [5, 5.41) is 3.11. The van der Waals surface area contributed by atoms with Crippen molar-refractivity contribution in [3.63, 3.8) is 0 Å². The first-order valence-electron chi connectivity index (χ1n) is 6.78. The number of hydrogen-bond donors (Lipinski definition) is 2. The van der Waals surface area contributed by atoms with Crippen LogP contribution >= 0.6 is 0 Å². The zero-order valence-electron chi connectivity index (χ0n) is 12.6. The lowest BCUT2D eigenvalue weighted by Crippen LogP contribution is -2.19. The van der Waals surface area contributed by atoms with Crippen molar-refractivity contribution < 1.29 is 4.74 Å². The van der Waals surface area contributed by atoms with Crippen LogP contribution in [0.25, 0.3) is 0 Å². The van der Waals surface area contributed by atoms with Crippen molar-refractivity contribution in [3.05, 3.63) is 36.0 Å². The molecule has 1 aromatic carbocycles. The summed E-state index contributed by atoms with van der Waals surface area (Å²) in [7, 11) is 4.04. The predicted octanol–water partition coefficient (Wildman–Crippen LogP) is 2.05. The lowest BCUT2D eigenvalue weighted by atomic mass is 10.3. The van der Waals surface area contributed by atoms with E-state index >= 15 is 0 Å². The Balaban J connectivity index is 1.94. The molecule has 0 unspecified atom stereocenters. The molecule has 0 bridgehead atoms. The highest BCUT2D eigenvalue weighted by Crippen LogP contribution is 2.19. The van der Waals surface area contributed by atoms with Crippen LogP contribution in [0.1, 0.15) is 5.56 Å². The van der Waals surface area contributed by atoms with Gasteiger partial charge in [0.1, 0.15) is 18.2 Å². The summed E-state index contributed by atoms with van der Waals surface area (Å²) in [4.78, 5) is 10.4. The minimum Gasteiger partial charge on any atom is -0.492 e. The molecule has 0 amide bonds. The Morgan fingerprint density at radius 1 is 1.24 bits per heavy atom. The zero-order chi connectivity index (χ0) is 15.2. The molecule has 0 aliphatic rings. The van der Waals surface area contributed by atoms with Gasteiger partial charge in [-0.25, -0.2) is 4.98 Å². The molecule has 3 N–H and O–H groups in total. The Morgan fingerprint density at radius 3 is 2.57 bits per heavy atom. The summed E-state index contributed by atoms with van der Waals surface area (Å²) >= 11 is 0. The highest BCUT2D eigenvalue weighted by molar-refractivity contribution is 5.56. The number of nitrogens with two attached hydrogens (primary N) is 1. The number of nitrogens with zero attached hydrogens (tertiary/aromatic N) is 3. The van der Waals surface area contributed by atoms with Gasteiger partial charge in [0.15, 0.2) is 0 Å². The molecule has 0 aliphatic carbocycles. The van der Waals surface area contributed by atoms with E-state index in [9.17, 15) is 0 Å². The largest absolute Gasteiger partial charge is 0.492 e. The zero-order valence-corrected chi connectivity index (χ0v) is 12.6. The van der Waals surface area contributed by atoms with E-state index < -0.39 is 0 Å². The maximum absolute atomic E-state index is 5.76. The molecule has 0 fully saturated rings. The van der Waals surface area contributed by atoms with Crippen LogP contribution in [0, 0.1) is 6.92 Å². The summed E-state index contributed by atoms with van der Waals surface area (Å²) in [5.74, 6) is 1.81. The lowest BCUT2D eigenvalue weighted by Gasteiger charge is -2.11. The van der Waals surface area contributed by atoms with E-state index in [4.69, 9.17) is 10.5 Å². The minimum atomic E-state index is 0.483. The van der Waals surface area contributed by atoms with Gasteiger partial charge in [0.2, 0.25) is 5.95 Å². The number of likely N-dealkylation sites (N-methyl/N-ethyl adjacent to an activating group) is 1. The molecule has 112 valence electrons. The van der Waals surface area contributed by atoms with Crippen LogP contribution < -0.4 is 15.8 Å². The molecule has 21 heavy (non-hydrogen) atoms. The first kappa shape index (κ1) is 15.1. The molecule has 0 radical (unpaired) electrons. The number of rotatable bonds is 6. The number of aromatic nitrogens is 2. The van der Waals surface area contributed by atoms with Gasteiger partial charge in [-0.15, -0.1) is 0 Å². The maximum Gasteiger partial charge on any atom is 0.229 e. The van der Waals surface area contributed by atoms with Gasteiger partial charge in [-0.2, -0.15) is 4.98 Å². The van der Waals surface area contributed by atoms with Crippen LogP contribution in [-0.2, 0) is 0 Å². The summed E-state index contributed by atoms with van der Waals surface area (Å²) in [6.45, 7) is 3.42. The van der Waals surface area contributed by atoms with E-state index in [0.29, 0.717) is 18.4 Å². The molecule has 0 saturated heterocycles. The fourth-order valence-corrected chi connectivity index (χ4v) is 1.63. The third-order valence-corrected chi connectivity index (χ3v) is 2.93. The topological polar surface area (TPSA) is 76.3 Å². The van der Waals surface area contributed by atoms with Crippen LogP contribution in [-0.4, -0.2) is 42.1 Å². The third kappa shape index (κ3) is 4.61. The molecule has 0 atom stereocenters. The van der Waals surface area contributed by atoms with Crippen molar-refractivity contribution in [2.45, 2.75) is 6.92 Å². The van der Waals surface area contributed by atoms with Crippen molar-refractivity contribution in [2.24, 2.45) is 0 Å². The number of ether oxygens (including phenoxy) is 1. The van der Waals surface area contributed by atoms with Crippen LogP contribution in [0.3, 0.4) is 0 Å². The second-order valence-electron chi connectivity index (χ2n) is 5.06. The Kier molecular flexibility index (Phi) is 4.94. The smallest absolute Gasteiger partial charge is 0.229 e. The summed E-state index contributed by atoms with van der Waals surface area (Å²) in [5.41, 5.74) is 7.52. The molecule has 0 saturated carbocycles. The number of aryl methyl sites for hydroxylation is 1. The molecule has 0 spiro atoms. The quantitative estimate of drug-likeness (QED) is 0.847. The highest BCUT2D eigenvalue weighted by Gasteiger charge is 2.02. The van der Waals surface area contributed by atoms with Gasteiger partial charge in [0.25, 0.3) is 0 Å². The normalized spacial score (nSPS) is 10.7. The molecular formula is C15H21N5O. The lowest BCUT2D eigenvalue weighted by molar-refractivity contribution is 0.261. The fraction of sp³-hybridized carbons (Fsp3) is 0.333. The molecule has 2 rings (SSSR count). The Morgan fingerprint density at radius 2 is 1.95 bits per heavy atom. The van der Waals surface area contributed by atoms with Crippen LogP contribution in [0.4, 0.5) is 17.5 Å². The highest BCUT2D eigenvalue weighted by atomic mass is 16.5. The van der Waals surface area contributed by atoms with E-state index in [2.05, 4.69) is 20.2 Å². The summed E-state index contributed by atoms with van der Waals surface area (Å²) in [6.07, 6.45) is 1.70. The average molecular weight is 287 g/mol. The number of benzene rings is 1. The van der Waals surface area contributed by atoms with Gasteiger partial charge in [-0.3, -0.25) is 0 Å². The molecular weight excluding hydrogens is 266 g/mol. The monoisotopic (exact) mass is 287 g/mol. The fourth-order valence-electron chi connectivity index (χ4n) is 1.63. The Labute approximate surface area is 125 Å². The van der Waals surface area contributed by atoms with Crippen molar-refractivity contribution in [1.29, 1.82) is 0 Å². The molecule has 1 aromatic heterocycles. The van der Waals surface area contributed by atoms with Gasteiger partial charge in [0.05, 0.1) is 0 Å². The van der Waals surface area contributed by atoms with Gasteiger partial charge in [0, 0.05) is 24.0 Å². The van der Waals surface area contributed by atoms with Gasteiger partial charge >= 0.3 is 0 Å². The number of nitrogen functional groups attached to an aromatic ring is 1. The summed E-state index contributed by atoms with van der Waals surface area (Å²) in [6, 6.07) is 7.67. The maximum atomic E-state index is 5.76. The average Bonchev–Trinajstić information content (AvgIpc) is 2.44. The first-order valence-corrected chi connectivity index (χ1v) is 6.78. The van der Waals surface area contributed by atoms with Crippen LogP contribution in [0.5, 0.6) is 5.75 Å². The van der Waals surface area contributed by atoms with Crippen LogP contribution in [0.15, 0.2) is 30.5 Å². The van der Waals surface area contributed by atoms with Gasteiger partial charge < -0.3 is 20.7 Å². The Bertz CT molecular complexity index is 583. The minimum absolute atomic E-state index is 0.483. The number of nitrogens with one attached hydrogen (secondary N) is 1. The standard InChI is InChI=1S/C15H21N5O/c1-11-10-17-15(19-14(11)16)18-12-4-6-13(7-5-12)21-9-8-20(2)3/h4-7,10H,8-9H2,1-3H3,(H3,16,17,18,19). The Hall–Kier alpha value is -2.34. The third-order valence-electron chi connectivity index (χ3n) is 2.93. The molecule has 1 heterocycles. The van der Waals surface area contributed by atoms with E-state index in [1.165, 1.54) is 0 Å². The number of hydrogen-bond acceptors (Lipinski definition) is 6. The van der Waals surface area contributed by atoms with E-state index in [1.807, 2.05) is 45.3 Å². The van der Waals surface area contributed by atoms with E-state index in [1.54, 1.807) is 6.20 Å². The van der Waals surface area contributed by atoms with E-state index in [0.717, 1.165) is 23.5 Å². The van der Waals surface area contributed by atoms with Gasteiger partial charge in [-0.1, -0.05) is 0 Å². The van der Waals surface area contributed by atoms with Gasteiger partial charge in [-0.05, 0) is 45.3 Å². The molecule has 6 heteroatoms. The SMILES string of the molecule is Cc1cnc(Nc2ccc(OCCN(C)C)cc2)nc1N.